The van der Waals surface area contributed by atoms with Crippen LogP contribution >= 0.6 is 0 Å². The molecule has 0 unspecified atom stereocenters. The van der Waals surface area contributed by atoms with Gasteiger partial charge >= 0.3 is 18.9 Å². The Morgan fingerprint density at radius 3 is 2.31 bits per heavy atom. The topological polar surface area (TPSA) is 40.1 Å². The Morgan fingerprint density at radius 2 is 1.85 bits per heavy atom. The van der Waals surface area contributed by atoms with Crippen molar-refractivity contribution >= 4 is 12.0 Å². The van der Waals surface area contributed by atoms with Crippen molar-refractivity contribution < 1.29 is 28.8 Å². The average molecular weight is 168 g/mol. The Morgan fingerprint density at radius 1 is 1.31 bits per heavy atom. The molecule has 0 aromatic heterocycles. The molecule has 0 fully saturated rings. The van der Waals surface area contributed by atoms with E-state index in [9.17, 15) is 9.90 Å². The maximum atomic E-state index is 10.0. The van der Waals surface area contributed by atoms with E-state index in [1.165, 1.54) is 6.08 Å². The predicted octanol–water partition coefficient (Wildman–Crippen LogP) is -2.24. The second-order valence-corrected chi connectivity index (χ2v) is 2.56. The zero-order chi connectivity index (χ0) is 8.97. The number of carboxylic acids is 1. The zero-order valence-electron chi connectivity index (χ0n) is 7.78. The summed E-state index contributed by atoms with van der Waals surface area (Å²) in [5.74, 6) is -1.17. The minimum Gasteiger partial charge on any atom is -0.545 e. The first-order valence-electron chi connectivity index (χ1n) is 3.64. The van der Waals surface area contributed by atoms with Gasteiger partial charge in [-0.2, -0.15) is 0 Å². The molecule has 0 saturated carbocycles. The van der Waals surface area contributed by atoms with Crippen molar-refractivity contribution in [2.24, 2.45) is 0 Å². The Balaban J connectivity index is 0.00000144. The first-order chi connectivity index (χ1) is 5.68. The summed E-state index contributed by atoms with van der Waals surface area (Å²) in [6.45, 7) is 1.98. The average Bonchev–Trinajstić information content (AvgIpc) is 2.03. The second-order valence-electron chi connectivity index (χ2n) is 2.56. The maximum Gasteiger partial charge on any atom is 1.00 e. The van der Waals surface area contributed by atoms with E-state index in [1.54, 1.807) is 0 Å². The SMILES string of the molecule is Cc1ccc(/C=C/C(=O)[O-])cc1.[Li+]. The van der Waals surface area contributed by atoms with E-state index >= 15 is 0 Å². The molecule has 0 N–H and O–H groups in total. The molecule has 3 heteroatoms. The molecule has 0 aliphatic carbocycles. The van der Waals surface area contributed by atoms with Crippen LogP contribution in [0.5, 0.6) is 0 Å². The molecule has 0 aliphatic heterocycles. The molecule has 0 spiro atoms. The van der Waals surface area contributed by atoms with Gasteiger partial charge in [0.15, 0.2) is 0 Å². The molecule has 0 atom stereocenters. The van der Waals surface area contributed by atoms with Crippen LogP contribution in [0.4, 0.5) is 0 Å². The van der Waals surface area contributed by atoms with Crippen LogP contribution in [-0.2, 0) is 4.79 Å². The van der Waals surface area contributed by atoms with Gasteiger partial charge < -0.3 is 9.90 Å². The minimum absolute atomic E-state index is 0. The summed E-state index contributed by atoms with van der Waals surface area (Å²) in [5, 5.41) is 10.0. The van der Waals surface area contributed by atoms with Crippen LogP contribution in [-0.4, -0.2) is 5.97 Å². The third kappa shape index (κ3) is 4.57. The Hall–Kier alpha value is -0.973. The molecule has 1 aromatic rings. The van der Waals surface area contributed by atoms with E-state index < -0.39 is 5.97 Å². The van der Waals surface area contributed by atoms with Crippen molar-refractivity contribution in [1.82, 2.24) is 0 Å². The van der Waals surface area contributed by atoms with Crippen LogP contribution in [0.25, 0.3) is 6.08 Å². The number of rotatable bonds is 2. The second kappa shape index (κ2) is 5.64. The minimum atomic E-state index is -1.17. The van der Waals surface area contributed by atoms with Crippen molar-refractivity contribution in [1.29, 1.82) is 0 Å². The molecule has 0 heterocycles. The van der Waals surface area contributed by atoms with Gasteiger partial charge in [-0.15, -0.1) is 0 Å². The molecule has 0 saturated heterocycles. The summed E-state index contributed by atoms with van der Waals surface area (Å²) < 4.78 is 0. The molecule has 0 radical (unpaired) electrons. The first kappa shape index (κ1) is 12.0. The molecule has 0 aliphatic rings. The summed E-state index contributed by atoms with van der Waals surface area (Å²) in [6.07, 6.45) is 2.53. The van der Waals surface area contributed by atoms with Gasteiger partial charge in [0.1, 0.15) is 0 Å². The van der Waals surface area contributed by atoms with Crippen LogP contribution in [0, 0.1) is 6.92 Å². The summed E-state index contributed by atoms with van der Waals surface area (Å²) >= 11 is 0. The number of aryl methyl sites for hydroxylation is 1. The van der Waals surface area contributed by atoms with Crippen LogP contribution < -0.4 is 24.0 Å². The quantitative estimate of drug-likeness (QED) is 0.370. The van der Waals surface area contributed by atoms with Crippen molar-refractivity contribution in [3.8, 4) is 0 Å². The van der Waals surface area contributed by atoms with Gasteiger partial charge in [-0.05, 0) is 18.6 Å². The van der Waals surface area contributed by atoms with Gasteiger partial charge in [-0.3, -0.25) is 0 Å². The van der Waals surface area contributed by atoms with E-state index in [2.05, 4.69) is 0 Å². The summed E-state index contributed by atoms with van der Waals surface area (Å²) in [7, 11) is 0. The van der Waals surface area contributed by atoms with E-state index in [4.69, 9.17) is 0 Å². The van der Waals surface area contributed by atoms with Crippen LogP contribution in [0.1, 0.15) is 11.1 Å². The van der Waals surface area contributed by atoms with E-state index in [0.717, 1.165) is 17.2 Å². The van der Waals surface area contributed by atoms with E-state index in [1.807, 2.05) is 31.2 Å². The van der Waals surface area contributed by atoms with E-state index in [0.29, 0.717) is 0 Å². The summed E-state index contributed by atoms with van der Waals surface area (Å²) in [4.78, 5) is 10.0. The summed E-state index contributed by atoms with van der Waals surface area (Å²) in [5.41, 5.74) is 2.02. The van der Waals surface area contributed by atoms with Crippen molar-refractivity contribution in [2.75, 3.05) is 0 Å². The molecular formula is C10H9LiO2. The van der Waals surface area contributed by atoms with Crippen LogP contribution in [0.3, 0.4) is 0 Å². The third-order valence-electron chi connectivity index (χ3n) is 1.49. The van der Waals surface area contributed by atoms with E-state index in [-0.39, 0.29) is 18.9 Å². The van der Waals surface area contributed by atoms with Crippen LogP contribution in [0.15, 0.2) is 30.3 Å². The number of hydrogen-bond donors (Lipinski definition) is 0. The number of carbonyl (C=O) groups excluding carboxylic acids is 1. The normalized spacial score (nSPS) is 9.62. The van der Waals surface area contributed by atoms with Crippen molar-refractivity contribution in [3.63, 3.8) is 0 Å². The largest absolute Gasteiger partial charge is 1.00 e. The van der Waals surface area contributed by atoms with Gasteiger partial charge in [-0.1, -0.05) is 35.9 Å². The smallest absolute Gasteiger partial charge is 0.545 e. The van der Waals surface area contributed by atoms with Crippen molar-refractivity contribution in [2.45, 2.75) is 6.92 Å². The molecule has 1 aromatic carbocycles. The Bertz CT molecular complexity index is 301. The van der Waals surface area contributed by atoms with Gasteiger partial charge in [0.05, 0.1) is 5.97 Å². The predicted molar refractivity (Wildman–Crippen MR) is 45.2 cm³/mol. The number of benzene rings is 1. The molecule has 13 heavy (non-hydrogen) atoms. The first-order valence-corrected chi connectivity index (χ1v) is 3.64. The molecule has 2 nitrogen and oxygen atoms in total. The molecule has 62 valence electrons. The molecule has 0 amide bonds. The Kier molecular flexibility index (Phi) is 5.21. The molecule has 1 rings (SSSR count). The monoisotopic (exact) mass is 168 g/mol. The number of aliphatic carboxylic acids is 1. The van der Waals surface area contributed by atoms with Gasteiger partial charge in [0.2, 0.25) is 0 Å². The van der Waals surface area contributed by atoms with Gasteiger partial charge in [-0.25, -0.2) is 0 Å². The standard InChI is InChI=1S/C10H10O2.Li/c1-8-2-4-9(5-3-8)6-7-10(11)12;/h2-7H,1H3,(H,11,12);/q;+1/p-1/b7-6+;. The van der Waals surface area contributed by atoms with Gasteiger partial charge in [0.25, 0.3) is 0 Å². The van der Waals surface area contributed by atoms with Gasteiger partial charge in [0, 0.05) is 0 Å². The molecule has 0 bridgehead atoms. The fourth-order valence-corrected chi connectivity index (χ4v) is 0.842. The summed E-state index contributed by atoms with van der Waals surface area (Å²) in [6, 6.07) is 7.56. The number of carboxylic acid groups (broad SMARTS) is 1. The van der Waals surface area contributed by atoms with Crippen LogP contribution in [0.2, 0.25) is 0 Å². The Labute approximate surface area is 89.5 Å². The molecular weight excluding hydrogens is 159 g/mol. The van der Waals surface area contributed by atoms with Crippen molar-refractivity contribution in [3.05, 3.63) is 41.5 Å². The fourth-order valence-electron chi connectivity index (χ4n) is 0.842. The zero-order valence-corrected chi connectivity index (χ0v) is 7.78. The number of carbonyl (C=O) groups is 1. The third-order valence-corrected chi connectivity index (χ3v) is 1.49. The number of hydrogen-bond acceptors (Lipinski definition) is 2. The fraction of sp³-hybridized carbons (Fsp3) is 0.100. The maximum absolute atomic E-state index is 10.0.